The van der Waals surface area contributed by atoms with Gasteiger partial charge in [0.1, 0.15) is 5.75 Å². The van der Waals surface area contributed by atoms with Crippen molar-refractivity contribution >= 4 is 11.9 Å². The number of rotatable bonds is 5. The predicted octanol–water partition coefficient (Wildman–Crippen LogP) is 2.84. The van der Waals surface area contributed by atoms with E-state index in [0.717, 1.165) is 25.0 Å². The average Bonchev–Trinajstić information content (AvgIpc) is 3.09. The number of hydrogen-bond acceptors (Lipinski definition) is 4. The average molecular weight is 329 g/mol. The van der Waals surface area contributed by atoms with Crippen LogP contribution in [0.3, 0.4) is 0 Å². The van der Waals surface area contributed by atoms with Crippen LogP contribution in [0.25, 0.3) is 0 Å². The van der Waals surface area contributed by atoms with Crippen LogP contribution >= 0.6 is 0 Å². The number of carboxylic acid groups (broad SMARTS) is 1. The largest absolute Gasteiger partial charge is 0.497 e. The van der Waals surface area contributed by atoms with Crippen molar-refractivity contribution in [3.05, 3.63) is 53.0 Å². The van der Waals surface area contributed by atoms with E-state index in [4.69, 9.17) is 14.3 Å². The van der Waals surface area contributed by atoms with Gasteiger partial charge in [-0.1, -0.05) is 6.07 Å². The van der Waals surface area contributed by atoms with Gasteiger partial charge in [0.05, 0.1) is 7.11 Å². The quantitative estimate of drug-likeness (QED) is 0.880. The minimum absolute atomic E-state index is 0.0122. The van der Waals surface area contributed by atoms with Crippen molar-refractivity contribution in [2.24, 2.45) is 0 Å². The van der Waals surface area contributed by atoms with Crippen LogP contribution in [0.4, 0.5) is 0 Å². The summed E-state index contributed by atoms with van der Waals surface area (Å²) in [4.78, 5) is 22.9. The molecular weight excluding hydrogens is 310 g/mol. The molecule has 24 heavy (non-hydrogen) atoms. The Hall–Kier alpha value is -2.76. The molecular formula is C18H19NO5. The lowest BCUT2D eigenvalue weighted by Crippen LogP contribution is -2.29. The molecule has 0 aliphatic heterocycles. The molecule has 1 aliphatic carbocycles. The van der Waals surface area contributed by atoms with E-state index in [-0.39, 0.29) is 17.4 Å². The van der Waals surface area contributed by atoms with Crippen LogP contribution < -0.4 is 10.1 Å². The smallest absolute Gasteiger partial charge is 0.371 e. The van der Waals surface area contributed by atoms with E-state index in [2.05, 4.69) is 17.4 Å². The zero-order chi connectivity index (χ0) is 17.1. The Bertz CT molecular complexity index is 765. The summed E-state index contributed by atoms with van der Waals surface area (Å²) in [5.74, 6) is -0.742. The minimum Gasteiger partial charge on any atom is -0.497 e. The van der Waals surface area contributed by atoms with Crippen molar-refractivity contribution in [3.63, 3.8) is 0 Å². The summed E-state index contributed by atoms with van der Waals surface area (Å²) in [7, 11) is 1.65. The Labute approximate surface area is 139 Å². The number of carboxylic acids is 1. The highest BCUT2D eigenvalue weighted by Gasteiger charge is 2.22. The summed E-state index contributed by atoms with van der Waals surface area (Å²) < 4.78 is 10.3. The molecule has 2 aromatic rings. The summed E-state index contributed by atoms with van der Waals surface area (Å²) in [6.07, 6.45) is 3.07. The molecule has 0 saturated heterocycles. The standard InChI is InChI=1S/C18H19NO5/c1-23-13-5-6-14-11(9-13)3-2-4-12(14)10-19-17(20)15-7-8-16(24-15)18(21)22/h5-9,12H,2-4,10H2,1H3,(H,19,20)(H,21,22). The lowest BCUT2D eigenvalue weighted by atomic mass is 9.82. The van der Waals surface area contributed by atoms with Crippen LogP contribution in [-0.2, 0) is 6.42 Å². The molecule has 1 aliphatic rings. The number of benzene rings is 1. The maximum atomic E-state index is 12.1. The van der Waals surface area contributed by atoms with Gasteiger partial charge in [-0.05, 0) is 54.7 Å². The number of aromatic carboxylic acids is 1. The van der Waals surface area contributed by atoms with E-state index in [1.807, 2.05) is 6.07 Å². The van der Waals surface area contributed by atoms with E-state index < -0.39 is 11.9 Å². The van der Waals surface area contributed by atoms with Crippen molar-refractivity contribution < 1.29 is 23.8 Å². The third-order valence-electron chi connectivity index (χ3n) is 4.34. The molecule has 6 heteroatoms. The van der Waals surface area contributed by atoms with Crippen molar-refractivity contribution in [3.8, 4) is 5.75 Å². The highest BCUT2D eigenvalue weighted by molar-refractivity contribution is 5.93. The molecule has 0 fully saturated rings. The molecule has 3 rings (SSSR count). The molecule has 0 bridgehead atoms. The molecule has 1 amide bonds. The van der Waals surface area contributed by atoms with Crippen molar-refractivity contribution in [1.29, 1.82) is 0 Å². The maximum Gasteiger partial charge on any atom is 0.371 e. The van der Waals surface area contributed by atoms with Gasteiger partial charge in [0.2, 0.25) is 5.76 Å². The number of fused-ring (bicyclic) bond motifs is 1. The van der Waals surface area contributed by atoms with Crippen molar-refractivity contribution in [2.75, 3.05) is 13.7 Å². The first-order valence-corrected chi connectivity index (χ1v) is 7.86. The summed E-state index contributed by atoms with van der Waals surface area (Å²) >= 11 is 0. The van der Waals surface area contributed by atoms with Crippen LogP contribution in [0.2, 0.25) is 0 Å². The van der Waals surface area contributed by atoms with Gasteiger partial charge < -0.3 is 19.6 Å². The second kappa shape index (κ2) is 6.78. The molecule has 1 aromatic carbocycles. The number of methoxy groups -OCH3 is 1. The number of furan rings is 1. The summed E-state index contributed by atoms with van der Waals surface area (Å²) in [5.41, 5.74) is 2.49. The molecule has 2 N–H and O–H groups in total. The number of aryl methyl sites for hydroxylation is 1. The van der Waals surface area contributed by atoms with Gasteiger partial charge in [0.15, 0.2) is 5.76 Å². The van der Waals surface area contributed by atoms with E-state index in [1.54, 1.807) is 7.11 Å². The van der Waals surface area contributed by atoms with Crippen LogP contribution in [0, 0.1) is 0 Å². The Balaban J connectivity index is 1.67. The molecule has 126 valence electrons. The first-order chi connectivity index (χ1) is 11.6. The minimum atomic E-state index is -1.19. The third-order valence-corrected chi connectivity index (χ3v) is 4.34. The van der Waals surface area contributed by atoms with Crippen LogP contribution in [0.5, 0.6) is 5.75 Å². The Morgan fingerprint density at radius 2 is 2.08 bits per heavy atom. The number of carbonyl (C=O) groups excluding carboxylic acids is 1. The van der Waals surface area contributed by atoms with Crippen molar-refractivity contribution in [2.45, 2.75) is 25.2 Å². The maximum absolute atomic E-state index is 12.1. The van der Waals surface area contributed by atoms with Crippen LogP contribution in [0.15, 0.2) is 34.7 Å². The fourth-order valence-corrected chi connectivity index (χ4v) is 3.11. The molecule has 1 unspecified atom stereocenters. The highest BCUT2D eigenvalue weighted by Crippen LogP contribution is 2.33. The third kappa shape index (κ3) is 3.27. The molecule has 0 spiro atoms. The van der Waals surface area contributed by atoms with Crippen LogP contribution in [0.1, 0.15) is 51.0 Å². The lowest BCUT2D eigenvalue weighted by molar-refractivity contribution is 0.0659. The Kier molecular flexibility index (Phi) is 4.55. The van der Waals surface area contributed by atoms with Crippen LogP contribution in [-0.4, -0.2) is 30.6 Å². The zero-order valence-corrected chi connectivity index (χ0v) is 13.4. The van der Waals surface area contributed by atoms with Gasteiger partial charge in [-0.3, -0.25) is 4.79 Å². The fraction of sp³-hybridized carbons (Fsp3) is 0.333. The normalized spacial score (nSPS) is 16.3. The first-order valence-electron chi connectivity index (χ1n) is 7.86. The number of carbonyl (C=O) groups is 2. The van der Waals surface area contributed by atoms with Gasteiger partial charge in [0, 0.05) is 12.5 Å². The molecule has 1 aromatic heterocycles. The second-order valence-electron chi connectivity index (χ2n) is 5.83. The number of ether oxygens (including phenoxy) is 1. The monoisotopic (exact) mass is 329 g/mol. The fourth-order valence-electron chi connectivity index (χ4n) is 3.11. The lowest BCUT2D eigenvalue weighted by Gasteiger charge is -2.26. The van der Waals surface area contributed by atoms with Gasteiger partial charge in [-0.15, -0.1) is 0 Å². The SMILES string of the molecule is COc1ccc2c(c1)CCCC2CNC(=O)c1ccc(C(=O)O)o1. The summed E-state index contributed by atoms with van der Waals surface area (Å²) in [5, 5.41) is 11.7. The molecule has 6 nitrogen and oxygen atoms in total. The first kappa shape index (κ1) is 16.1. The van der Waals surface area contributed by atoms with E-state index in [1.165, 1.54) is 23.3 Å². The van der Waals surface area contributed by atoms with Gasteiger partial charge >= 0.3 is 5.97 Å². The van der Waals surface area contributed by atoms with E-state index in [0.29, 0.717) is 6.54 Å². The second-order valence-corrected chi connectivity index (χ2v) is 5.83. The Morgan fingerprint density at radius 1 is 1.29 bits per heavy atom. The number of hydrogen-bond donors (Lipinski definition) is 2. The number of amides is 1. The molecule has 1 heterocycles. The number of nitrogens with one attached hydrogen (secondary N) is 1. The molecule has 0 saturated carbocycles. The predicted molar refractivity (Wildman–Crippen MR) is 86.7 cm³/mol. The summed E-state index contributed by atoms with van der Waals surface area (Å²) in [6.45, 7) is 0.487. The van der Waals surface area contributed by atoms with Gasteiger partial charge in [0.25, 0.3) is 5.91 Å². The van der Waals surface area contributed by atoms with Gasteiger partial charge in [-0.2, -0.15) is 0 Å². The van der Waals surface area contributed by atoms with Crippen molar-refractivity contribution in [1.82, 2.24) is 5.32 Å². The molecule has 1 atom stereocenters. The Morgan fingerprint density at radius 3 is 2.79 bits per heavy atom. The van der Waals surface area contributed by atoms with E-state index in [9.17, 15) is 9.59 Å². The van der Waals surface area contributed by atoms with Gasteiger partial charge in [-0.25, -0.2) is 4.79 Å². The van der Waals surface area contributed by atoms with E-state index >= 15 is 0 Å². The summed E-state index contributed by atoms with van der Waals surface area (Å²) in [6, 6.07) is 8.69. The highest BCUT2D eigenvalue weighted by atomic mass is 16.5. The topological polar surface area (TPSA) is 88.8 Å². The zero-order valence-electron chi connectivity index (χ0n) is 13.4. The molecule has 0 radical (unpaired) electrons.